The summed E-state index contributed by atoms with van der Waals surface area (Å²) >= 11 is 0. The molecule has 0 aliphatic heterocycles. The van der Waals surface area contributed by atoms with E-state index in [9.17, 15) is 19.8 Å². The second-order valence-electron chi connectivity index (χ2n) is 2.53. The van der Waals surface area contributed by atoms with Crippen molar-refractivity contribution in [2.24, 2.45) is 0 Å². The molecule has 2 rings (SSSR count). The molecule has 2 aromatic heterocycles. The Hall–Kier alpha value is -0.929. The summed E-state index contributed by atoms with van der Waals surface area (Å²) in [6.07, 6.45) is 2.57. The molecular formula is C10H6BaO6. The predicted molar refractivity (Wildman–Crippen MR) is 51.8 cm³/mol. The minimum Gasteiger partial charge on any atom is -0.542 e. The molecule has 6 nitrogen and oxygen atoms in total. The van der Waals surface area contributed by atoms with Gasteiger partial charge < -0.3 is 28.6 Å². The predicted octanol–water partition coefficient (Wildman–Crippen LogP) is -1.09. The van der Waals surface area contributed by atoms with Gasteiger partial charge in [0.2, 0.25) is 0 Å². The van der Waals surface area contributed by atoms with E-state index in [0.717, 1.165) is 0 Å². The van der Waals surface area contributed by atoms with Gasteiger partial charge in [-0.25, -0.2) is 0 Å². The van der Waals surface area contributed by atoms with Crippen LogP contribution in [0.5, 0.6) is 0 Å². The third kappa shape index (κ3) is 5.80. The van der Waals surface area contributed by atoms with E-state index in [1.807, 2.05) is 0 Å². The summed E-state index contributed by atoms with van der Waals surface area (Å²) in [5.41, 5.74) is 0. The Kier molecular flexibility index (Phi) is 7.76. The summed E-state index contributed by atoms with van der Waals surface area (Å²) in [6.45, 7) is 0. The van der Waals surface area contributed by atoms with E-state index in [2.05, 4.69) is 8.83 Å². The first-order valence-electron chi connectivity index (χ1n) is 4.11. The van der Waals surface area contributed by atoms with E-state index in [0.29, 0.717) is 0 Å². The van der Waals surface area contributed by atoms with Crippen LogP contribution >= 0.6 is 0 Å². The van der Waals surface area contributed by atoms with Gasteiger partial charge in [0, 0.05) is 0 Å². The minimum absolute atomic E-state index is 0. The average Bonchev–Trinajstić information content (AvgIpc) is 2.93. The van der Waals surface area contributed by atoms with E-state index >= 15 is 0 Å². The van der Waals surface area contributed by atoms with Crippen molar-refractivity contribution in [2.75, 3.05) is 0 Å². The Morgan fingerprint density at radius 1 is 0.882 bits per heavy atom. The maximum absolute atomic E-state index is 9.86. The van der Waals surface area contributed by atoms with Crippen LogP contribution in [-0.2, 0) is 0 Å². The molecule has 17 heavy (non-hydrogen) atoms. The fourth-order valence-electron chi connectivity index (χ4n) is 0.789. The number of hydrogen-bond donors (Lipinski definition) is 0. The van der Waals surface area contributed by atoms with Crippen molar-refractivity contribution in [2.45, 2.75) is 0 Å². The number of carboxylic acid groups (broad SMARTS) is 2. The van der Waals surface area contributed by atoms with Gasteiger partial charge in [0.05, 0.1) is 12.5 Å². The van der Waals surface area contributed by atoms with E-state index in [4.69, 9.17) is 0 Å². The zero-order valence-corrected chi connectivity index (χ0v) is 13.1. The van der Waals surface area contributed by atoms with Gasteiger partial charge in [-0.05, 0) is 24.3 Å². The average molecular weight is 359 g/mol. The number of carbonyl (C=O) groups excluding carboxylic acids is 2. The second-order valence-corrected chi connectivity index (χ2v) is 2.53. The Morgan fingerprint density at radius 2 is 1.24 bits per heavy atom. The number of rotatable bonds is 2. The molecule has 2 heterocycles. The van der Waals surface area contributed by atoms with Crippen molar-refractivity contribution in [3.8, 4) is 0 Å². The molecule has 7 heteroatoms. The van der Waals surface area contributed by atoms with Crippen LogP contribution in [0.25, 0.3) is 0 Å². The molecule has 0 bridgehead atoms. The molecule has 0 unspecified atom stereocenters. The zero-order chi connectivity index (χ0) is 12.0. The molecule has 0 aromatic carbocycles. The van der Waals surface area contributed by atoms with Gasteiger partial charge >= 0.3 is 48.9 Å². The van der Waals surface area contributed by atoms with E-state index < -0.39 is 11.9 Å². The maximum atomic E-state index is 9.86. The van der Waals surface area contributed by atoms with Crippen LogP contribution in [0.4, 0.5) is 0 Å². The fraction of sp³-hybridized carbons (Fsp3) is 0. The first-order valence-corrected chi connectivity index (χ1v) is 4.11. The standard InChI is InChI=1S/2C5H4O3.Ba/c2*6-5(7)4-2-1-3-8-4;/h2*1-3H,(H,6,7);/q;;+2/p-2. The Bertz CT molecular complexity index is 401. The Labute approximate surface area is 136 Å². The van der Waals surface area contributed by atoms with Gasteiger partial charge in [0.15, 0.2) is 0 Å². The Morgan fingerprint density at radius 3 is 1.35 bits per heavy atom. The smallest absolute Gasteiger partial charge is 0.542 e. The van der Waals surface area contributed by atoms with Crippen LogP contribution in [0.2, 0.25) is 0 Å². The van der Waals surface area contributed by atoms with Crippen LogP contribution in [0.3, 0.4) is 0 Å². The summed E-state index contributed by atoms with van der Waals surface area (Å²) in [5, 5.41) is 19.7. The molecule has 84 valence electrons. The van der Waals surface area contributed by atoms with Crippen molar-refractivity contribution in [1.82, 2.24) is 0 Å². The van der Waals surface area contributed by atoms with Crippen LogP contribution < -0.4 is 10.2 Å². The molecule has 0 spiro atoms. The number of carbonyl (C=O) groups is 2. The van der Waals surface area contributed by atoms with Crippen molar-refractivity contribution < 1.29 is 28.6 Å². The normalized spacial score (nSPS) is 8.47. The monoisotopic (exact) mass is 360 g/mol. The van der Waals surface area contributed by atoms with Crippen molar-refractivity contribution in [1.29, 1.82) is 0 Å². The molecule has 0 fully saturated rings. The quantitative estimate of drug-likeness (QED) is 0.631. The molecule has 0 saturated heterocycles. The maximum Gasteiger partial charge on any atom is 2.00 e. The summed E-state index contributed by atoms with van der Waals surface area (Å²) in [4.78, 5) is 19.7. The number of carboxylic acids is 2. The molecular weight excluding hydrogens is 353 g/mol. The number of aromatic carboxylic acids is 2. The van der Waals surface area contributed by atoms with Crippen molar-refractivity contribution in [3.05, 3.63) is 48.3 Å². The van der Waals surface area contributed by atoms with Crippen LogP contribution in [0, 0.1) is 0 Å². The third-order valence-corrected chi connectivity index (χ3v) is 1.44. The first kappa shape index (κ1) is 16.1. The molecule has 0 radical (unpaired) electrons. The molecule has 0 N–H and O–H groups in total. The summed E-state index contributed by atoms with van der Waals surface area (Å²) in [7, 11) is 0. The topological polar surface area (TPSA) is 107 Å². The first-order chi connectivity index (χ1) is 7.61. The number of hydrogen-bond acceptors (Lipinski definition) is 6. The molecule has 0 aliphatic carbocycles. The summed E-state index contributed by atoms with van der Waals surface area (Å²) in [6, 6.07) is 5.64. The molecule has 2 aromatic rings. The molecule has 0 aliphatic rings. The van der Waals surface area contributed by atoms with Crippen LogP contribution in [-0.4, -0.2) is 60.8 Å². The Balaban J connectivity index is 0.000000284. The van der Waals surface area contributed by atoms with Gasteiger partial charge in [-0.2, -0.15) is 0 Å². The molecule has 0 atom stereocenters. The third-order valence-electron chi connectivity index (χ3n) is 1.44. The second kappa shape index (κ2) is 8.20. The van der Waals surface area contributed by atoms with Crippen LogP contribution in [0.15, 0.2) is 45.6 Å². The van der Waals surface area contributed by atoms with E-state index in [1.54, 1.807) is 0 Å². The number of furan rings is 2. The molecule has 0 amide bonds. The van der Waals surface area contributed by atoms with Crippen LogP contribution in [0.1, 0.15) is 21.1 Å². The van der Waals surface area contributed by atoms with Gasteiger partial charge in [-0.3, -0.25) is 0 Å². The van der Waals surface area contributed by atoms with Crippen molar-refractivity contribution in [3.63, 3.8) is 0 Å². The minimum atomic E-state index is -1.28. The largest absolute Gasteiger partial charge is 2.00 e. The van der Waals surface area contributed by atoms with Gasteiger partial charge in [-0.1, -0.05) is 0 Å². The summed E-state index contributed by atoms with van der Waals surface area (Å²) < 4.78 is 8.87. The zero-order valence-electron chi connectivity index (χ0n) is 8.62. The SMILES string of the molecule is O=C([O-])c1ccco1.O=C([O-])c1ccco1.[Ba+2]. The fourth-order valence-corrected chi connectivity index (χ4v) is 0.789. The summed E-state index contributed by atoms with van der Waals surface area (Å²) in [5.74, 6) is -2.83. The van der Waals surface area contributed by atoms with E-state index in [-0.39, 0.29) is 60.4 Å². The van der Waals surface area contributed by atoms with Crippen molar-refractivity contribution >= 4 is 60.8 Å². The van der Waals surface area contributed by atoms with Gasteiger partial charge in [0.25, 0.3) is 0 Å². The van der Waals surface area contributed by atoms with Gasteiger partial charge in [0.1, 0.15) is 23.5 Å². The van der Waals surface area contributed by atoms with Gasteiger partial charge in [-0.15, -0.1) is 0 Å². The molecule has 0 saturated carbocycles. The van der Waals surface area contributed by atoms with E-state index in [1.165, 1.54) is 36.8 Å².